The average molecular weight is 540 g/mol. The van der Waals surface area contributed by atoms with Gasteiger partial charge in [0.2, 0.25) is 0 Å². The summed E-state index contributed by atoms with van der Waals surface area (Å²) < 4.78 is 8.77. The molecule has 3 aliphatic rings. The molecule has 6 rings (SSSR count). The third-order valence-corrected chi connectivity index (χ3v) is 8.02. The number of fused-ring (bicyclic) bond motifs is 4. The molecule has 3 nitrogen and oxygen atoms in total. The Bertz CT molecular complexity index is 1190. The third kappa shape index (κ3) is 3.50. The van der Waals surface area contributed by atoms with E-state index in [0.29, 0.717) is 5.92 Å². The Kier molecular flexibility index (Phi) is 5.07. The molecule has 1 saturated carbocycles. The molecule has 0 unspecified atom stereocenters. The first-order chi connectivity index (χ1) is 15.2. The molecule has 1 fully saturated rings. The van der Waals surface area contributed by atoms with E-state index in [2.05, 4.69) is 91.5 Å². The van der Waals surface area contributed by atoms with E-state index in [1.165, 1.54) is 54.0 Å². The third-order valence-electron chi connectivity index (χ3n) is 6.97. The topological polar surface area (TPSA) is 24.8 Å². The van der Waals surface area contributed by atoms with Gasteiger partial charge in [-0.25, -0.2) is 5.01 Å². The van der Waals surface area contributed by atoms with Gasteiger partial charge in [0.05, 0.1) is 16.2 Å². The van der Waals surface area contributed by atoms with Gasteiger partial charge in [0.15, 0.2) is 6.23 Å². The summed E-state index contributed by atoms with van der Waals surface area (Å²) >= 11 is 7.43. The Morgan fingerprint density at radius 1 is 0.903 bits per heavy atom. The first-order valence-electron chi connectivity index (χ1n) is 11.2. The van der Waals surface area contributed by atoms with Crippen LogP contribution in [0.15, 0.2) is 68.6 Å². The van der Waals surface area contributed by atoms with Crippen LogP contribution in [0, 0.1) is 5.92 Å². The summed E-state index contributed by atoms with van der Waals surface area (Å²) in [7, 11) is 0. The predicted molar refractivity (Wildman–Crippen MR) is 133 cm³/mol. The summed E-state index contributed by atoms with van der Waals surface area (Å²) in [5.74, 6) is 1.52. The molecule has 0 spiro atoms. The van der Waals surface area contributed by atoms with E-state index in [0.717, 1.165) is 26.8 Å². The Labute approximate surface area is 199 Å². The zero-order chi connectivity index (χ0) is 20.9. The van der Waals surface area contributed by atoms with Crippen LogP contribution < -0.4 is 4.74 Å². The van der Waals surface area contributed by atoms with Crippen LogP contribution in [0.1, 0.15) is 55.7 Å². The first kappa shape index (κ1) is 19.8. The summed E-state index contributed by atoms with van der Waals surface area (Å²) in [6, 6.07) is 19.7. The van der Waals surface area contributed by atoms with E-state index in [1.807, 2.05) is 0 Å². The fraction of sp³-hybridized carbons (Fsp3) is 0.346. The molecule has 158 valence electrons. The first-order valence-corrected chi connectivity index (χ1v) is 12.8. The molecule has 3 aromatic rings. The van der Waals surface area contributed by atoms with Crippen molar-refractivity contribution in [2.45, 2.75) is 50.8 Å². The van der Waals surface area contributed by atoms with E-state index in [-0.39, 0.29) is 12.3 Å². The molecule has 2 heterocycles. The fourth-order valence-corrected chi connectivity index (χ4v) is 6.77. The van der Waals surface area contributed by atoms with E-state index < -0.39 is 0 Å². The van der Waals surface area contributed by atoms with Crippen molar-refractivity contribution >= 4 is 48.3 Å². The second kappa shape index (κ2) is 7.93. The summed E-state index contributed by atoms with van der Waals surface area (Å²) in [5.41, 5.74) is 3.59. The minimum absolute atomic E-state index is 0.00762. The lowest BCUT2D eigenvalue weighted by atomic mass is 9.86. The zero-order valence-corrected chi connectivity index (χ0v) is 20.4. The minimum atomic E-state index is 0.00762. The van der Waals surface area contributed by atoms with Gasteiger partial charge in [0, 0.05) is 22.4 Å². The van der Waals surface area contributed by atoms with Gasteiger partial charge >= 0.3 is 0 Å². The molecular formula is C26H24Br2N2O. The lowest BCUT2D eigenvalue weighted by Gasteiger charge is -2.43. The number of halogens is 2. The monoisotopic (exact) mass is 538 g/mol. The normalized spacial score (nSPS) is 23.3. The highest BCUT2D eigenvalue weighted by Gasteiger charge is 2.44. The second-order valence-electron chi connectivity index (χ2n) is 8.92. The number of benzene rings is 3. The van der Waals surface area contributed by atoms with Crippen molar-refractivity contribution in [1.29, 1.82) is 0 Å². The lowest BCUT2D eigenvalue weighted by Crippen LogP contribution is -2.46. The highest BCUT2D eigenvalue weighted by atomic mass is 79.9. The molecule has 2 atom stereocenters. The van der Waals surface area contributed by atoms with Crippen molar-refractivity contribution in [3.63, 3.8) is 0 Å². The standard InChI is InChI=1S/C26H24Br2N2O/c27-20-13-21-24-15-23(19-11-10-16-6-4-5-9-18(16)12-19)29-30(24)26(17-7-2-1-3-8-17)31-25(21)22(28)14-20/h4-6,9-14,17,24,26H,1-3,7-8,15H2/t24-,26-/m1/s1. The van der Waals surface area contributed by atoms with Gasteiger partial charge in [0.25, 0.3) is 0 Å². The van der Waals surface area contributed by atoms with Crippen molar-refractivity contribution in [3.05, 3.63) is 74.7 Å². The maximum Gasteiger partial charge on any atom is 0.190 e. The molecule has 0 amide bonds. The summed E-state index contributed by atoms with van der Waals surface area (Å²) in [6.07, 6.45) is 7.27. The molecule has 0 aromatic heterocycles. The van der Waals surface area contributed by atoms with Crippen molar-refractivity contribution in [3.8, 4) is 5.75 Å². The summed E-state index contributed by atoms with van der Waals surface area (Å²) in [5, 5.41) is 10.0. The van der Waals surface area contributed by atoms with Gasteiger partial charge < -0.3 is 4.74 Å². The average Bonchev–Trinajstić information content (AvgIpc) is 3.25. The van der Waals surface area contributed by atoms with Gasteiger partial charge in [-0.2, -0.15) is 5.10 Å². The van der Waals surface area contributed by atoms with Crippen molar-refractivity contribution in [2.75, 3.05) is 0 Å². The number of rotatable bonds is 2. The minimum Gasteiger partial charge on any atom is -0.467 e. The second-order valence-corrected chi connectivity index (χ2v) is 10.7. The summed E-state index contributed by atoms with van der Waals surface area (Å²) in [6.45, 7) is 0. The molecule has 0 N–H and O–H groups in total. The number of hydrogen-bond donors (Lipinski definition) is 0. The summed E-state index contributed by atoms with van der Waals surface area (Å²) in [4.78, 5) is 0. The van der Waals surface area contributed by atoms with Crippen molar-refractivity contribution in [1.82, 2.24) is 5.01 Å². The smallest absolute Gasteiger partial charge is 0.190 e. The van der Waals surface area contributed by atoms with Crippen LogP contribution in [-0.4, -0.2) is 16.9 Å². The Morgan fingerprint density at radius 2 is 1.71 bits per heavy atom. The largest absolute Gasteiger partial charge is 0.467 e. The van der Waals surface area contributed by atoms with Gasteiger partial charge in [-0.15, -0.1) is 0 Å². The quantitative estimate of drug-likeness (QED) is 0.331. The van der Waals surface area contributed by atoms with Crippen molar-refractivity contribution in [2.24, 2.45) is 11.0 Å². The van der Waals surface area contributed by atoms with E-state index in [1.54, 1.807) is 0 Å². The van der Waals surface area contributed by atoms with E-state index in [4.69, 9.17) is 9.84 Å². The highest BCUT2D eigenvalue weighted by molar-refractivity contribution is 9.11. The van der Waals surface area contributed by atoms with Gasteiger partial charge in [0.1, 0.15) is 5.75 Å². The number of hydrogen-bond acceptors (Lipinski definition) is 3. The van der Waals surface area contributed by atoms with Crippen LogP contribution in [-0.2, 0) is 0 Å². The molecule has 0 radical (unpaired) electrons. The van der Waals surface area contributed by atoms with Gasteiger partial charge in [-0.05, 0) is 63.3 Å². The number of nitrogens with zero attached hydrogens (tertiary/aromatic N) is 2. The van der Waals surface area contributed by atoms with E-state index >= 15 is 0 Å². The van der Waals surface area contributed by atoms with Crippen LogP contribution in [0.5, 0.6) is 5.75 Å². The van der Waals surface area contributed by atoms with Crippen LogP contribution in [0.4, 0.5) is 0 Å². The molecule has 31 heavy (non-hydrogen) atoms. The zero-order valence-electron chi connectivity index (χ0n) is 17.2. The van der Waals surface area contributed by atoms with Crippen molar-refractivity contribution < 1.29 is 4.74 Å². The Morgan fingerprint density at radius 3 is 2.55 bits per heavy atom. The number of ether oxygens (including phenoxy) is 1. The lowest BCUT2D eigenvalue weighted by molar-refractivity contribution is -0.0649. The van der Waals surface area contributed by atoms with Gasteiger partial charge in [-0.3, -0.25) is 0 Å². The van der Waals surface area contributed by atoms with Crippen LogP contribution in [0.2, 0.25) is 0 Å². The highest BCUT2D eigenvalue weighted by Crippen LogP contribution is 2.49. The predicted octanol–water partition coefficient (Wildman–Crippen LogP) is 7.81. The molecule has 0 saturated heterocycles. The Balaban J connectivity index is 1.43. The SMILES string of the molecule is Brc1cc(Br)c2c(c1)[C@H]1CC(c3ccc4ccccc4c3)=NN1[C@@H](C1CCCCC1)O2. The maximum atomic E-state index is 6.68. The molecule has 0 bridgehead atoms. The number of hydrazone groups is 1. The van der Waals surface area contributed by atoms with Crippen LogP contribution >= 0.6 is 31.9 Å². The van der Waals surface area contributed by atoms with Gasteiger partial charge in [-0.1, -0.05) is 71.6 Å². The molecule has 2 aliphatic heterocycles. The molecule has 5 heteroatoms. The fourth-order valence-electron chi connectivity index (χ4n) is 5.42. The van der Waals surface area contributed by atoms with Crippen LogP contribution in [0.25, 0.3) is 10.8 Å². The van der Waals surface area contributed by atoms with Crippen LogP contribution in [0.3, 0.4) is 0 Å². The molecule has 1 aliphatic carbocycles. The Hall–Kier alpha value is -1.85. The molecular weight excluding hydrogens is 516 g/mol. The van der Waals surface area contributed by atoms with E-state index in [9.17, 15) is 0 Å². The maximum absolute atomic E-state index is 6.68. The molecule has 3 aromatic carbocycles.